The minimum Gasteiger partial charge on any atom is -0.379 e. The van der Waals surface area contributed by atoms with Crippen molar-refractivity contribution in [2.75, 3.05) is 54.1 Å². The van der Waals surface area contributed by atoms with Gasteiger partial charge in [0.15, 0.2) is 0 Å². The predicted octanol–water partition coefficient (Wildman–Crippen LogP) is 3.49. The summed E-state index contributed by atoms with van der Waals surface area (Å²) < 4.78 is 28.7. The normalized spacial score (nSPS) is 15.1. The summed E-state index contributed by atoms with van der Waals surface area (Å²) in [4.78, 5) is 21.1. The highest BCUT2D eigenvalue weighted by Crippen LogP contribution is 2.44. The maximum absolute atomic E-state index is 12.2. The third kappa shape index (κ3) is 20.5. The smallest absolute Gasteiger partial charge is 0.379 e. The van der Waals surface area contributed by atoms with Gasteiger partial charge in [0.1, 0.15) is 19.3 Å². The van der Waals surface area contributed by atoms with Crippen LogP contribution in [-0.2, 0) is 23.1 Å². The van der Waals surface area contributed by atoms with Crippen molar-refractivity contribution in [2.45, 2.75) is 71.3 Å². The van der Waals surface area contributed by atoms with Crippen molar-refractivity contribution in [3.63, 3.8) is 0 Å². The van der Waals surface area contributed by atoms with Crippen LogP contribution in [0.3, 0.4) is 0 Å². The minimum absolute atomic E-state index is 0.0933. The number of phosphoric ester groups is 1. The average molecular weight is 440 g/mol. The molecule has 0 aliphatic heterocycles. The van der Waals surface area contributed by atoms with Crippen LogP contribution in [0.1, 0.15) is 65.2 Å². The SMILES string of the molecule is CCCCCCCCCCOCC(CNC(C)=O)OP(=O)(O)OCC[N+](C)(C)C. The van der Waals surface area contributed by atoms with Gasteiger partial charge in [0.25, 0.3) is 0 Å². The lowest BCUT2D eigenvalue weighted by Gasteiger charge is -2.25. The summed E-state index contributed by atoms with van der Waals surface area (Å²) in [5.41, 5.74) is 0. The standard InChI is InChI=1S/C20H43N2O6P/c1-6-7-8-9-10-11-12-13-15-26-18-20(17-21-19(2)23)28-29(24,25)27-16-14-22(3,4)5/h20H,6-18H2,1-5H3,(H-,21,23,24,25)/p+1. The molecule has 1 amide bonds. The molecule has 174 valence electrons. The first-order chi connectivity index (χ1) is 13.6. The van der Waals surface area contributed by atoms with E-state index in [0.29, 0.717) is 17.6 Å². The van der Waals surface area contributed by atoms with Crippen LogP contribution in [-0.4, -0.2) is 75.4 Å². The Kier molecular flexibility index (Phi) is 15.9. The molecule has 0 saturated heterocycles. The Bertz CT molecular complexity index is 470. The highest BCUT2D eigenvalue weighted by molar-refractivity contribution is 7.47. The third-order valence-electron chi connectivity index (χ3n) is 4.32. The molecule has 8 nitrogen and oxygen atoms in total. The van der Waals surface area contributed by atoms with Crippen molar-refractivity contribution in [3.05, 3.63) is 0 Å². The summed E-state index contributed by atoms with van der Waals surface area (Å²) in [6, 6.07) is 0. The van der Waals surface area contributed by atoms with Gasteiger partial charge in [0, 0.05) is 20.1 Å². The van der Waals surface area contributed by atoms with E-state index in [1.807, 2.05) is 21.1 Å². The highest BCUT2D eigenvalue weighted by atomic mass is 31.2. The summed E-state index contributed by atoms with van der Waals surface area (Å²) in [5, 5.41) is 2.60. The molecular weight excluding hydrogens is 395 g/mol. The van der Waals surface area contributed by atoms with Crippen LogP contribution in [0.15, 0.2) is 0 Å². The Balaban J connectivity index is 4.15. The van der Waals surface area contributed by atoms with Crippen molar-refractivity contribution in [2.24, 2.45) is 0 Å². The molecule has 0 aromatic rings. The first-order valence-corrected chi connectivity index (χ1v) is 12.3. The number of nitrogens with zero attached hydrogens (tertiary/aromatic N) is 1. The van der Waals surface area contributed by atoms with Gasteiger partial charge in [-0.25, -0.2) is 4.57 Å². The van der Waals surface area contributed by atoms with Crippen LogP contribution in [0.4, 0.5) is 0 Å². The van der Waals surface area contributed by atoms with E-state index in [4.69, 9.17) is 13.8 Å². The van der Waals surface area contributed by atoms with E-state index in [-0.39, 0.29) is 25.7 Å². The van der Waals surface area contributed by atoms with Crippen LogP contribution in [0.5, 0.6) is 0 Å². The minimum atomic E-state index is -4.22. The van der Waals surface area contributed by atoms with Gasteiger partial charge in [-0.1, -0.05) is 51.9 Å². The number of nitrogens with one attached hydrogen (secondary N) is 1. The number of quaternary nitrogens is 1. The Hall–Kier alpha value is -0.500. The lowest BCUT2D eigenvalue weighted by Crippen LogP contribution is -2.38. The molecule has 29 heavy (non-hydrogen) atoms. The topological polar surface area (TPSA) is 94.1 Å². The van der Waals surface area contributed by atoms with Crippen molar-refractivity contribution in [3.8, 4) is 0 Å². The van der Waals surface area contributed by atoms with E-state index < -0.39 is 13.9 Å². The summed E-state index contributed by atoms with van der Waals surface area (Å²) in [6.07, 6.45) is 8.94. The number of carbonyl (C=O) groups is 1. The Labute approximate surface area is 177 Å². The molecule has 0 fully saturated rings. The maximum Gasteiger partial charge on any atom is 0.472 e. The van der Waals surface area contributed by atoms with Gasteiger partial charge in [-0.2, -0.15) is 0 Å². The van der Waals surface area contributed by atoms with E-state index in [9.17, 15) is 14.3 Å². The summed E-state index contributed by atoms with van der Waals surface area (Å²) in [7, 11) is 1.67. The van der Waals surface area contributed by atoms with Crippen molar-refractivity contribution in [1.82, 2.24) is 5.32 Å². The van der Waals surface area contributed by atoms with E-state index >= 15 is 0 Å². The summed E-state index contributed by atoms with van der Waals surface area (Å²) in [6.45, 7) is 5.05. The summed E-state index contributed by atoms with van der Waals surface area (Å²) >= 11 is 0. The molecule has 2 unspecified atom stereocenters. The first kappa shape index (κ1) is 28.5. The molecule has 2 N–H and O–H groups in total. The second-order valence-corrected chi connectivity index (χ2v) is 9.94. The zero-order chi connectivity index (χ0) is 22.2. The molecule has 0 saturated carbocycles. The van der Waals surface area contributed by atoms with Gasteiger partial charge >= 0.3 is 7.82 Å². The van der Waals surface area contributed by atoms with Crippen LogP contribution in [0, 0.1) is 0 Å². The summed E-state index contributed by atoms with van der Waals surface area (Å²) in [5.74, 6) is -0.236. The lowest BCUT2D eigenvalue weighted by molar-refractivity contribution is -0.870. The fourth-order valence-electron chi connectivity index (χ4n) is 2.59. The number of unbranched alkanes of at least 4 members (excludes halogenated alkanes) is 7. The molecule has 0 heterocycles. The van der Waals surface area contributed by atoms with Gasteiger partial charge in [-0.15, -0.1) is 0 Å². The molecule has 0 aliphatic rings. The number of amides is 1. The van der Waals surface area contributed by atoms with Gasteiger partial charge in [-0.05, 0) is 6.42 Å². The lowest BCUT2D eigenvalue weighted by atomic mass is 10.1. The third-order valence-corrected chi connectivity index (χ3v) is 5.40. The van der Waals surface area contributed by atoms with Crippen LogP contribution < -0.4 is 5.32 Å². The number of phosphoric acid groups is 1. The Morgan fingerprint density at radius 2 is 1.62 bits per heavy atom. The van der Waals surface area contributed by atoms with Crippen molar-refractivity contribution in [1.29, 1.82) is 0 Å². The molecule has 0 aromatic carbocycles. The largest absolute Gasteiger partial charge is 0.472 e. The van der Waals surface area contributed by atoms with E-state index in [0.717, 1.165) is 12.8 Å². The second kappa shape index (κ2) is 16.2. The molecule has 0 radical (unpaired) electrons. The van der Waals surface area contributed by atoms with Crippen LogP contribution in [0.2, 0.25) is 0 Å². The Morgan fingerprint density at radius 1 is 1.03 bits per heavy atom. The molecule has 0 spiro atoms. The van der Waals surface area contributed by atoms with Gasteiger partial charge in [0.2, 0.25) is 5.91 Å². The fraction of sp³-hybridized carbons (Fsp3) is 0.950. The molecule has 0 aliphatic carbocycles. The van der Waals surface area contributed by atoms with Gasteiger partial charge in [0.05, 0.1) is 27.7 Å². The quantitative estimate of drug-likeness (QED) is 0.182. The van der Waals surface area contributed by atoms with E-state index in [2.05, 4.69) is 12.2 Å². The Morgan fingerprint density at radius 3 is 2.17 bits per heavy atom. The second-order valence-electron chi connectivity index (χ2n) is 8.53. The molecule has 9 heteroatoms. The average Bonchev–Trinajstić information content (AvgIpc) is 2.59. The molecule has 0 aromatic heterocycles. The zero-order valence-electron chi connectivity index (χ0n) is 19.2. The number of ether oxygens (including phenoxy) is 1. The van der Waals surface area contributed by atoms with Gasteiger partial charge < -0.3 is 19.4 Å². The highest BCUT2D eigenvalue weighted by Gasteiger charge is 2.28. The molecule has 0 bridgehead atoms. The monoisotopic (exact) mass is 439 g/mol. The first-order valence-electron chi connectivity index (χ1n) is 10.8. The van der Waals surface area contributed by atoms with E-state index in [1.165, 1.54) is 45.4 Å². The van der Waals surface area contributed by atoms with Crippen LogP contribution >= 0.6 is 7.82 Å². The number of likely N-dealkylation sites (N-methyl/N-ethyl adjacent to an activating group) is 1. The van der Waals surface area contributed by atoms with E-state index in [1.54, 1.807) is 0 Å². The fourth-order valence-corrected chi connectivity index (χ4v) is 3.47. The molecular formula is C20H44N2O6P+. The number of hydrogen-bond acceptors (Lipinski definition) is 5. The predicted molar refractivity (Wildman–Crippen MR) is 116 cm³/mol. The number of carbonyl (C=O) groups excluding carboxylic acids is 1. The van der Waals surface area contributed by atoms with Crippen molar-refractivity contribution < 1.29 is 32.5 Å². The molecule has 2 atom stereocenters. The number of hydrogen-bond donors (Lipinski definition) is 2. The van der Waals surface area contributed by atoms with Gasteiger partial charge in [-0.3, -0.25) is 13.8 Å². The number of rotatable bonds is 19. The zero-order valence-corrected chi connectivity index (χ0v) is 20.0. The molecule has 0 rings (SSSR count). The van der Waals surface area contributed by atoms with Crippen LogP contribution in [0.25, 0.3) is 0 Å². The van der Waals surface area contributed by atoms with Crippen molar-refractivity contribution >= 4 is 13.7 Å². The maximum atomic E-state index is 12.2.